The van der Waals surface area contributed by atoms with Crippen molar-refractivity contribution in [3.05, 3.63) is 237 Å². The van der Waals surface area contributed by atoms with Gasteiger partial charge in [0.1, 0.15) is 39.8 Å². The molecule has 11 aromatic rings. The molecule has 7 amide bonds. The van der Waals surface area contributed by atoms with Crippen molar-refractivity contribution in [3.8, 4) is 81.2 Å². The number of imide groups is 2. The highest BCUT2D eigenvalue weighted by molar-refractivity contribution is 6.07. The van der Waals surface area contributed by atoms with Crippen molar-refractivity contribution >= 4 is 77.0 Å². The van der Waals surface area contributed by atoms with Crippen LogP contribution in [-0.2, 0) is 49.9 Å². The van der Waals surface area contributed by atoms with Crippen LogP contribution in [0.3, 0.4) is 0 Å². The van der Waals surface area contributed by atoms with Gasteiger partial charge in [0.15, 0.2) is 0 Å². The van der Waals surface area contributed by atoms with E-state index in [4.69, 9.17) is 41.9 Å². The summed E-state index contributed by atoms with van der Waals surface area (Å²) in [5.74, 6) is 18.7. The quantitative estimate of drug-likeness (QED) is 0.0575. The van der Waals surface area contributed by atoms with Crippen LogP contribution in [0.5, 0.6) is 11.5 Å². The third-order valence-corrected chi connectivity index (χ3v) is 17.5. The molecule has 570 valence electrons. The summed E-state index contributed by atoms with van der Waals surface area (Å²) in [4.78, 5) is 116. The molecule has 29 heteroatoms. The van der Waals surface area contributed by atoms with Crippen LogP contribution in [0.15, 0.2) is 170 Å². The third kappa shape index (κ3) is 18.9. The Morgan fingerprint density at radius 1 is 0.442 bits per heavy atom. The summed E-state index contributed by atoms with van der Waals surface area (Å²) >= 11 is 0. The van der Waals surface area contributed by atoms with Crippen molar-refractivity contribution in [1.29, 1.82) is 0 Å². The molecule has 9 heterocycles. The summed E-state index contributed by atoms with van der Waals surface area (Å²) < 4.78 is 27.1. The van der Waals surface area contributed by atoms with Crippen LogP contribution in [0.2, 0.25) is 0 Å². The molecule has 6 aromatic heterocycles. The van der Waals surface area contributed by atoms with E-state index in [-0.39, 0.29) is 36.8 Å². The van der Waals surface area contributed by atoms with Gasteiger partial charge in [-0.1, -0.05) is 90.1 Å². The second kappa shape index (κ2) is 33.2. The van der Waals surface area contributed by atoms with E-state index in [1.807, 2.05) is 65.2 Å². The van der Waals surface area contributed by atoms with Crippen LogP contribution in [0, 0.1) is 35.5 Å². The minimum Gasteiger partial charge on any atom is -0.443 e. The molecule has 0 spiro atoms. The normalized spacial score (nSPS) is 12.6. The molecule has 14 rings (SSSR count). The van der Waals surface area contributed by atoms with Gasteiger partial charge >= 0.3 is 24.4 Å². The number of hydrogen-bond acceptors (Lipinski definition) is 21. The van der Waals surface area contributed by atoms with Gasteiger partial charge in [0.2, 0.25) is 17.8 Å². The maximum atomic E-state index is 13.3. The number of nitrogens with zero attached hydrogens (tertiary/aromatic N) is 11. The SMILES string of the molecule is Cn1c(-c2nc(N)ncc2C#Cc2cccc(N)c2)cc2c1CCN(C(=O)OC(C)(C)C)C2=O.Cn1c(-c2nc(N)ncc2C#Cc2cccc(NC(=O)Oc3ccccc3)c2)cc2c1CCN(C(=O)OC(C)(C)C)C2=O.Cn1c(-c2nc(N)ncc2C#Cc2cccc(NC(=O)Oc3ccccc3)c2)cc2c1CCNC2=O. The maximum Gasteiger partial charge on any atom is 0.417 e. The number of para-hydroxylation sites is 2. The molecule has 11 N–H and O–H groups in total. The van der Waals surface area contributed by atoms with Gasteiger partial charge in [0.05, 0.1) is 50.5 Å². The van der Waals surface area contributed by atoms with Crippen LogP contribution in [0.25, 0.3) is 34.2 Å². The van der Waals surface area contributed by atoms with Gasteiger partial charge in [-0.25, -0.2) is 58.9 Å². The fraction of sp³-hybridized carbons (Fsp3) is 0.202. The number of fused-ring (bicyclic) bond motifs is 3. The Kier molecular flexibility index (Phi) is 22.8. The molecule has 0 saturated carbocycles. The number of rotatable bonds is 7. The average molecular weight is 1520 g/mol. The van der Waals surface area contributed by atoms with Gasteiger partial charge in [0, 0.05) is 129 Å². The lowest BCUT2D eigenvalue weighted by Gasteiger charge is -2.28. The molecule has 0 bridgehead atoms. The molecule has 0 unspecified atom stereocenters. The smallest absolute Gasteiger partial charge is 0.417 e. The van der Waals surface area contributed by atoms with Crippen LogP contribution in [0.4, 0.5) is 54.1 Å². The van der Waals surface area contributed by atoms with Crippen molar-refractivity contribution in [2.24, 2.45) is 21.1 Å². The standard InChI is InChI=1S/C32H30N6O5.C27H22N6O3.C25H26N6O3/c1-32(2,3)43-31(41)38-16-15-25-24(28(38)39)18-26(37(25)4)27-21(19-34-29(33)36-27)14-13-20-9-8-10-22(17-20)35-30(40)42-23-11-6-5-7-12-23;1-33-22-12-13-29-25(34)21(22)15-23(33)24-18(16-30-26(28)32-24)11-10-17-6-5-7-19(14-17)31-27(35)36-20-8-3-2-4-9-20;1-25(2,3)34-24(33)31-11-10-19-18(22(31)32)13-20(30(19)4)21-16(14-28-23(27)29-21)9-8-15-6-5-7-17(26)12-15/h5-12,17-19H,15-16H2,1-4H3,(H,35,40)(H2,33,34,36);2-9,14-16H,12-13H2,1H3,(H,29,34)(H,31,35)(H2,28,30,32);5-7,12-14H,10-11,26H2,1-4H3,(H2,27,28,29). The number of aromatic nitrogens is 9. The minimum absolute atomic E-state index is 0.0459. The van der Waals surface area contributed by atoms with Crippen molar-refractivity contribution in [2.45, 2.75) is 72.0 Å². The summed E-state index contributed by atoms with van der Waals surface area (Å²) in [6.07, 6.45) is 3.73. The molecular weight excluding hydrogens is 1440 g/mol. The number of anilines is 6. The molecule has 0 aliphatic carbocycles. The van der Waals surface area contributed by atoms with Crippen LogP contribution >= 0.6 is 0 Å². The first-order valence-electron chi connectivity index (χ1n) is 35.5. The molecule has 5 aromatic carbocycles. The van der Waals surface area contributed by atoms with E-state index >= 15 is 0 Å². The third-order valence-electron chi connectivity index (χ3n) is 17.5. The zero-order valence-electron chi connectivity index (χ0n) is 63.1. The predicted octanol–water partition coefficient (Wildman–Crippen LogP) is 11.3. The average Bonchev–Trinajstić information content (AvgIpc) is 1.66. The number of benzene rings is 5. The Labute approximate surface area is 650 Å². The number of nitrogens with two attached hydrogens (primary N) is 4. The molecule has 29 nitrogen and oxygen atoms in total. The Bertz CT molecular complexity index is 5780. The highest BCUT2D eigenvalue weighted by Crippen LogP contribution is 2.34. The first kappa shape index (κ1) is 77.6. The second-order valence-corrected chi connectivity index (χ2v) is 27.9. The van der Waals surface area contributed by atoms with Crippen LogP contribution in [-0.4, -0.2) is 126 Å². The van der Waals surface area contributed by atoms with E-state index in [2.05, 4.69) is 81.4 Å². The zero-order valence-corrected chi connectivity index (χ0v) is 63.1. The van der Waals surface area contributed by atoms with Crippen LogP contribution < -0.4 is 48.4 Å². The molecule has 3 aliphatic heterocycles. The van der Waals surface area contributed by atoms with E-state index in [1.54, 1.807) is 175 Å². The number of hydrogen-bond donors (Lipinski definition) is 7. The maximum absolute atomic E-state index is 13.3. The van der Waals surface area contributed by atoms with E-state index < -0.39 is 47.4 Å². The first-order chi connectivity index (χ1) is 54.0. The fourth-order valence-corrected chi connectivity index (χ4v) is 12.3. The van der Waals surface area contributed by atoms with Crippen molar-refractivity contribution < 1.29 is 52.5 Å². The van der Waals surface area contributed by atoms with Gasteiger partial charge < -0.3 is 60.9 Å². The first-order valence-corrected chi connectivity index (χ1v) is 35.5. The van der Waals surface area contributed by atoms with Gasteiger partial charge in [-0.05, 0) is 139 Å². The van der Waals surface area contributed by atoms with E-state index in [0.717, 1.165) is 44.6 Å². The molecule has 0 saturated heterocycles. The number of nitrogen functional groups attached to an aromatic ring is 4. The van der Waals surface area contributed by atoms with Crippen molar-refractivity contribution in [3.63, 3.8) is 0 Å². The zero-order chi connectivity index (χ0) is 80.4. The largest absolute Gasteiger partial charge is 0.443 e. The monoisotopic (exact) mass is 1510 g/mol. The summed E-state index contributed by atoms with van der Waals surface area (Å²) in [6.45, 7) is 11.5. The number of carbonyl (C=O) groups excluding carboxylic acids is 7. The number of carbonyl (C=O) groups is 7. The number of amides is 7. The summed E-state index contributed by atoms with van der Waals surface area (Å²) in [6, 6.07) is 44.1. The van der Waals surface area contributed by atoms with Gasteiger partial charge in [0.25, 0.3) is 17.7 Å². The molecule has 0 radical (unpaired) electrons. The number of nitrogens with one attached hydrogen (secondary N) is 3. The number of ether oxygens (including phenoxy) is 4. The topological polar surface area (TPSA) is 395 Å². The molecular formula is C84H78N18O11. The second-order valence-electron chi connectivity index (χ2n) is 27.9. The lowest BCUT2D eigenvalue weighted by atomic mass is 10.1. The van der Waals surface area contributed by atoms with Gasteiger partial charge in [-0.2, -0.15) is 0 Å². The molecule has 0 atom stereocenters. The lowest BCUT2D eigenvalue weighted by Crippen LogP contribution is -2.44. The van der Waals surface area contributed by atoms with E-state index in [1.165, 1.54) is 6.20 Å². The lowest BCUT2D eigenvalue weighted by molar-refractivity contribution is 0.0215. The highest BCUT2D eigenvalue weighted by atomic mass is 16.6. The van der Waals surface area contributed by atoms with E-state index in [0.29, 0.717) is 121 Å². The highest BCUT2D eigenvalue weighted by Gasteiger charge is 2.37. The van der Waals surface area contributed by atoms with Gasteiger partial charge in [-0.15, -0.1) is 0 Å². The Balaban J connectivity index is 0.000000158. The Morgan fingerprint density at radius 3 is 1.18 bits per heavy atom. The Hall–Kier alpha value is -15.1. The van der Waals surface area contributed by atoms with Crippen molar-refractivity contribution in [2.75, 3.05) is 53.2 Å². The van der Waals surface area contributed by atoms with E-state index in [9.17, 15) is 33.6 Å². The summed E-state index contributed by atoms with van der Waals surface area (Å²) in [5.41, 5.74) is 34.8. The molecule has 3 aliphatic rings. The molecule has 0 fully saturated rings. The Morgan fingerprint density at radius 2 is 0.805 bits per heavy atom. The summed E-state index contributed by atoms with van der Waals surface area (Å²) in [5, 5.41) is 8.25. The van der Waals surface area contributed by atoms with Gasteiger partial charge in [-0.3, -0.25) is 25.0 Å². The minimum atomic E-state index is -0.730. The van der Waals surface area contributed by atoms with Crippen LogP contribution in [0.1, 0.15) is 123 Å². The molecule has 113 heavy (non-hydrogen) atoms. The van der Waals surface area contributed by atoms with Crippen molar-refractivity contribution in [1.82, 2.24) is 58.7 Å². The summed E-state index contributed by atoms with van der Waals surface area (Å²) in [7, 11) is 5.56. The fourth-order valence-electron chi connectivity index (χ4n) is 12.3. The predicted molar refractivity (Wildman–Crippen MR) is 424 cm³/mol.